The highest BCUT2D eigenvalue weighted by molar-refractivity contribution is 5.75. The number of methoxy groups -OCH3 is 1. The summed E-state index contributed by atoms with van der Waals surface area (Å²) in [4.78, 5) is 10.7. The summed E-state index contributed by atoms with van der Waals surface area (Å²) in [5.41, 5.74) is 5.27. The first-order chi connectivity index (χ1) is 5.65. The summed E-state index contributed by atoms with van der Waals surface area (Å²) >= 11 is 0. The molecule has 0 fully saturated rings. The summed E-state index contributed by atoms with van der Waals surface area (Å²) in [6.45, 7) is -1.61. The minimum absolute atomic E-state index is 0.0142. The molecule has 0 rings (SSSR count). The number of hydrogen-bond donors (Lipinski definition) is 1. The van der Waals surface area contributed by atoms with Gasteiger partial charge in [0.05, 0.1) is 20.5 Å². The van der Waals surface area contributed by atoms with E-state index >= 15 is 0 Å². The first-order valence-corrected chi connectivity index (χ1v) is 3.61. The number of alkyl halides is 2. The maximum absolute atomic E-state index is 11.9. The third kappa shape index (κ3) is 3.61. The van der Waals surface area contributed by atoms with Gasteiger partial charge in [-0.25, -0.2) is 0 Å². The highest BCUT2D eigenvalue weighted by Gasteiger charge is 2.19. The molecule has 1 unspecified atom stereocenters. The second-order valence-electron chi connectivity index (χ2n) is 2.54. The predicted octanol–water partition coefficient (Wildman–Crippen LogP) is 0.432. The van der Waals surface area contributed by atoms with Gasteiger partial charge in [-0.2, -0.15) is 0 Å². The Labute approximate surface area is 69.9 Å². The van der Waals surface area contributed by atoms with Gasteiger partial charge in [0.25, 0.3) is 0 Å². The van der Waals surface area contributed by atoms with Crippen molar-refractivity contribution in [2.75, 3.05) is 20.5 Å². The number of nitrogens with two attached hydrogens (primary N) is 1. The van der Waals surface area contributed by atoms with E-state index in [1.54, 1.807) is 0 Å². The predicted molar refractivity (Wildman–Crippen MR) is 40.0 cm³/mol. The number of carbonyl (C=O) groups is 1. The molecule has 12 heavy (non-hydrogen) atoms. The lowest BCUT2D eigenvalue weighted by Gasteiger charge is -2.13. The first-order valence-electron chi connectivity index (χ1n) is 3.61. The molecule has 0 heterocycles. The van der Waals surface area contributed by atoms with Crippen LogP contribution in [-0.2, 0) is 9.53 Å². The Bertz CT molecular complexity index is 139. The maximum atomic E-state index is 11.9. The molecule has 2 N–H and O–H groups in total. The monoisotopic (exact) mass is 181 g/mol. The first kappa shape index (κ1) is 11.3. The molecule has 0 bridgehead atoms. The molecule has 3 nitrogen and oxygen atoms in total. The van der Waals surface area contributed by atoms with E-state index in [9.17, 15) is 13.6 Å². The fraction of sp³-hybridized carbons (Fsp3) is 0.857. The molecule has 0 aliphatic heterocycles. The molecule has 1 atom stereocenters. The lowest BCUT2D eigenvalue weighted by molar-refractivity contribution is -0.142. The summed E-state index contributed by atoms with van der Waals surface area (Å²) in [6.07, 6.45) is -0.0142. The van der Waals surface area contributed by atoms with Gasteiger partial charge in [-0.15, -0.1) is 0 Å². The standard InChI is InChI=1S/C7H13F2NO2/c1-12-7(11)6(10)2-5(3-8)4-9/h5-6H,2-4,10H2,1H3. The van der Waals surface area contributed by atoms with Crippen molar-refractivity contribution in [3.8, 4) is 0 Å². The topological polar surface area (TPSA) is 52.3 Å². The lowest BCUT2D eigenvalue weighted by Crippen LogP contribution is -2.34. The van der Waals surface area contributed by atoms with Gasteiger partial charge in [0.1, 0.15) is 6.04 Å². The molecule has 0 aromatic heterocycles. The van der Waals surface area contributed by atoms with E-state index < -0.39 is 31.3 Å². The van der Waals surface area contributed by atoms with Crippen LogP contribution in [0.3, 0.4) is 0 Å². The Morgan fingerprint density at radius 3 is 2.33 bits per heavy atom. The van der Waals surface area contributed by atoms with Crippen LogP contribution in [0.25, 0.3) is 0 Å². The summed E-state index contributed by atoms with van der Waals surface area (Å²) in [5.74, 6) is -1.43. The zero-order chi connectivity index (χ0) is 9.56. The van der Waals surface area contributed by atoms with Crippen LogP contribution >= 0.6 is 0 Å². The van der Waals surface area contributed by atoms with Crippen LogP contribution in [0.15, 0.2) is 0 Å². The van der Waals surface area contributed by atoms with Gasteiger partial charge in [0.2, 0.25) is 0 Å². The van der Waals surface area contributed by atoms with Crippen molar-refractivity contribution in [1.29, 1.82) is 0 Å². The van der Waals surface area contributed by atoms with Gasteiger partial charge in [-0.05, 0) is 6.42 Å². The van der Waals surface area contributed by atoms with Crippen LogP contribution in [0.4, 0.5) is 8.78 Å². The second kappa shape index (κ2) is 5.88. The highest BCUT2D eigenvalue weighted by atomic mass is 19.1. The van der Waals surface area contributed by atoms with Gasteiger partial charge < -0.3 is 10.5 Å². The number of carbonyl (C=O) groups excluding carboxylic acids is 1. The molecule has 0 aliphatic rings. The number of halogens is 2. The zero-order valence-corrected chi connectivity index (χ0v) is 6.93. The molecule has 0 saturated heterocycles. The normalized spacial score (nSPS) is 13.1. The Balaban J connectivity index is 3.80. The minimum atomic E-state index is -0.925. The van der Waals surface area contributed by atoms with E-state index in [-0.39, 0.29) is 6.42 Å². The van der Waals surface area contributed by atoms with Crippen LogP contribution in [-0.4, -0.2) is 32.5 Å². The van der Waals surface area contributed by atoms with Crippen molar-refractivity contribution in [1.82, 2.24) is 0 Å². The van der Waals surface area contributed by atoms with Crippen LogP contribution in [0.1, 0.15) is 6.42 Å². The zero-order valence-electron chi connectivity index (χ0n) is 6.93. The third-order valence-corrected chi connectivity index (χ3v) is 1.53. The molecule has 5 heteroatoms. The van der Waals surface area contributed by atoms with Gasteiger partial charge >= 0.3 is 5.97 Å². The van der Waals surface area contributed by atoms with Gasteiger partial charge in [-0.3, -0.25) is 13.6 Å². The van der Waals surface area contributed by atoms with Crippen molar-refractivity contribution < 1.29 is 18.3 Å². The summed E-state index contributed by atoms with van der Waals surface area (Å²) in [5, 5.41) is 0. The third-order valence-electron chi connectivity index (χ3n) is 1.53. The summed E-state index contributed by atoms with van der Waals surface area (Å²) in [7, 11) is 1.18. The molecule has 0 aromatic rings. The second-order valence-corrected chi connectivity index (χ2v) is 2.54. The maximum Gasteiger partial charge on any atom is 0.322 e. The summed E-state index contributed by atoms with van der Waals surface area (Å²) in [6, 6.07) is -0.925. The summed E-state index contributed by atoms with van der Waals surface area (Å²) < 4.78 is 28.2. The number of hydrogen-bond acceptors (Lipinski definition) is 3. The molecule has 0 spiro atoms. The van der Waals surface area contributed by atoms with Crippen LogP contribution in [0.2, 0.25) is 0 Å². The molecular weight excluding hydrogens is 168 g/mol. The lowest BCUT2D eigenvalue weighted by atomic mass is 10.0. The van der Waals surface area contributed by atoms with E-state index in [0.717, 1.165) is 0 Å². The average Bonchev–Trinajstić information content (AvgIpc) is 2.12. The molecular formula is C7H13F2NO2. The molecule has 0 radical (unpaired) electrons. The van der Waals surface area contributed by atoms with E-state index in [0.29, 0.717) is 0 Å². The number of esters is 1. The molecule has 0 aromatic carbocycles. The van der Waals surface area contributed by atoms with Crippen molar-refractivity contribution >= 4 is 5.97 Å². The fourth-order valence-corrected chi connectivity index (χ4v) is 0.774. The average molecular weight is 181 g/mol. The molecule has 0 aliphatic carbocycles. The fourth-order valence-electron chi connectivity index (χ4n) is 0.774. The van der Waals surface area contributed by atoms with E-state index in [2.05, 4.69) is 4.74 Å². The van der Waals surface area contributed by atoms with Crippen molar-refractivity contribution in [3.05, 3.63) is 0 Å². The van der Waals surface area contributed by atoms with Crippen LogP contribution < -0.4 is 5.73 Å². The largest absolute Gasteiger partial charge is 0.468 e. The van der Waals surface area contributed by atoms with Crippen LogP contribution in [0, 0.1) is 5.92 Å². The Morgan fingerprint density at radius 2 is 2.00 bits per heavy atom. The van der Waals surface area contributed by atoms with E-state index in [1.165, 1.54) is 7.11 Å². The Morgan fingerprint density at radius 1 is 1.50 bits per heavy atom. The van der Waals surface area contributed by atoms with Gasteiger partial charge in [0, 0.05) is 5.92 Å². The molecule has 0 saturated carbocycles. The Kier molecular flexibility index (Phi) is 5.53. The Hall–Kier alpha value is -0.710. The number of rotatable bonds is 5. The van der Waals surface area contributed by atoms with Crippen molar-refractivity contribution in [3.63, 3.8) is 0 Å². The smallest absolute Gasteiger partial charge is 0.322 e. The molecule has 0 amide bonds. The van der Waals surface area contributed by atoms with Crippen molar-refractivity contribution in [2.24, 2.45) is 11.7 Å². The van der Waals surface area contributed by atoms with E-state index in [4.69, 9.17) is 5.73 Å². The van der Waals surface area contributed by atoms with Gasteiger partial charge in [0.15, 0.2) is 0 Å². The minimum Gasteiger partial charge on any atom is -0.468 e. The van der Waals surface area contributed by atoms with Crippen LogP contribution in [0.5, 0.6) is 0 Å². The molecule has 72 valence electrons. The SMILES string of the molecule is COC(=O)C(N)CC(CF)CF. The highest BCUT2D eigenvalue weighted by Crippen LogP contribution is 2.07. The van der Waals surface area contributed by atoms with Gasteiger partial charge in [-0.1, -0.05) is 0 Å². The van der Waals surface area contributed by atoms with Crippen molar-refractivity contribution in [2.45, 2.75) is 12.5 Å². The quantitative estimate of drug-likeness (QED) is 0.626. The number of ether oxygens (including phenoxy) is 1. The van der Waals surface area contributed by atoms with E-state index in [1.807, 2.05) is 0 Å².